The first-order valence-electron chi connectivity index (χ1n) is 8.07. The van der Waals surface area contributed by atoms with E-state index in [0.717, 1.165) is 56.7 Å². The van der Waals surface area contributed by atoms with Crippen LogP contribution in [-0.2, 0) is 4.79 Å². The Bertz CT molecular complexity index is 505. The van der Waals surface area contributed by atoms with Crippen molar-refractivity contribution < 1.29 is 9.90 Å². The number of H-pyrrole nitrogens is 1. The monoisotopic (exact) mass is 291 g/mol. The predicted molar refractivity (Wildman–Crippen MR) is 79.9 cm³/mol. The average Bonchev–Trinajstić information content (AvgIpc) is 3.07. The van der Waals surface area contributed by atoms with E-state index in [4.69, 9.17) is 0 Å². The lowest BCUT2D eigenvalue weighted by molar-refractivity contribution is -0.136. The van der Waals surface area contributed by atoms with Crippen LogP contribution < -0.4 is 0 Å². The zero-order valence-electron chi connectivity index (χ0n) is 12.8. The molecule has 0 bridgehead atoms. The van der Waals surface area contributed by atoms with E-state index >= 15 is 0 Å². The molecule has 0 spiro atoms. The summed E-state index contributed by atoms with van der Waals surface area (Å²) in [6, 6.07) is 0. The Morgan fingerprint density at radius 1 is 1.48 bits per heavy atom. The molecule has 1 unspecified atom stereocenters. The fourth-order valence-electron chi connectivity index (χ4n) is 3.63. The summed E-state index contributed by atoms with van der Waals surface area (Å²) in [7, 11) is 0. The number of carbonyl (C=O) groups is 1. The molecule has 2 heterocycles. The van der Waals surface area contributed by atoms with E-state index in [2.05, 4.69) is 9.97 Å². The summed E-state index contributed by atoms with van der Waals surface area (Å²) in [5.41, 5.74) is 0.306. The van der Waals surface area contributed by atoms with E-state index in [0.29, 0.717) is 5.92 Å². The minimum Gasteiger partial charge on any atom is -0.389 e. The zero-order chi connectivity index (χ0) is 14.9. The van der Waals surface area contributed by atoms with Gasteiger partial charge in [0.05, 0.1) is 12.0 Å². The van der Waals surface area contributed by atoms with Crippen LogP contribution in [0.5, 0.6) is 0 Å². The molecule has 116 valence electrons. The SMILES string of the molecule is Cc1cnc(C2CCN(C(=O)CC3(O)CCCCC3)C2)[nH]1. The van der Waals surface area contributed by atoms with Crippen molar-refractivity contribution in [3.05, 3.63) is 17.7 Å². The van der Waals surface area contributed by atoms with E-state index in [-0.39, 0.29) is 12.3 Å². The summed E-state index contributed by atoms with van der Waals surface area (Å²) in [4.78, 5) is 22.0. The van der Waals surface area contributed by atoms with Gasteiger partial charge in [-0.05, 0) is 26.2 Å². The number of aliphatic hydroxyl groups is 1. The molecule has 1 aliphatic heterocycles. The second kappa shape index (κ2) is 5.79. The van der Waals surface area contributed by atoms with E-state index in [1.165, 1.54) is 6.42 Å². The molecule has 1 atom stereocenters. The number of hydrogen-bond acceptors (Lipinski definition) is 3. The van der Waals surface area contributed by atoms with E-state index < -0.39 is 5.60 Å². The number of carbonyl (C=O) groups excluding carboxylic acids is 1. The summed E-state index contributed by atoms with van der Waals surface area (Å²) in [5, 5.41) is 10.5. The highest BCUT2D eigenvalue weighted by molar-refractivity contribution is 5.77. The van der Waals surface area contributed by atoms with Gasteiger partial charge in [0.1, 0.15) is 5.82 Å². The maximum atomic E-state index is 12.4. The van der Waals surface area contributed by atoms with Gasteiger partial charge in [0, 0.05) is 30.9 Å². The molecule has 1 aliphatic carbocycles. The highest BCUT2D eigenvalue weighted by atomic mass is 16.3. The van der Waals surface area contributed by atoms with Gasteiger partial charge >= 0.3 is 0 Å². The number of nitrogens with one attached hydrogen (secondary N) is 1. The van der Waals surface area contributed by atoms with Gasteiger partial charge in [-0.3, -0.25) is 4.79 Å². The maximum Gasteiger partial charge on any atom is 0.225 e. The molecule has 2 aliphatic rings. The van der Waals surface area contributed by atoms with E-state index in [1.54, 1.807) is 0 Å². The van der Waals surface area contributed by atoms with Crippen LogP contribution in [0.15, 0.2) is 6.20 Å². The Morgan fingerprint density at radius 2 is 2.24 bits per heavy atom. The molecule has 2 fully saturated rings. The lowest BCUT2D eigenvalue weighted by Crippen LogP contribution is -2.39. The average molecular weight is 291 g/mol. The molecule has 1 aromatic heterocycles. The molecule has 3 rings (SSSR count). The summed E-state index contributed by atoms with van der Waals surface area (Å²) in [6.07, 6.45) is 7.88. The number of hydrogen-bond donors (Lipinski definition) is 2. The van der Waals surface area contributed by atoms with E-state index in [9.17, 15) is 9.90 Å². The quantitative estimate of drug-likeness (QED) is 0.896. The number of likely N-dealkylation sites (tertiary alicyclic amines) is 1. The Hall–Kier alpha value is -1.36. The predicted octanol–water partition coefficient (Wildman–Crippen LogP) is 2.12. The van der Waals surface area contributed by atoms with Gasteiger partial charge in [-0.1, -0.05) is 19.3 Å². The number of rotatable bonds is 3. The minimum absolute atomic E-state index is 0.102. The zero-order valence-corrected chi connectivity index (χ0v) is 12.8. The van der Waals surface area contributed by atoms with Crippen LogP contribution >= 0.6 is 0 Å². The molecule has 1 saturated carbocycles. The molecule has 5 heteroatoms. The number of amides is 1. The van der Waals surface area contributed by atoms with Crippen molar-refractivity contribution in [1.29, 1.82) is 0 Å². The summed E-state index contributed by atoms with van der Waals surface area (Å²) < 4.78 is 0. The van der Waals surface area contributed by atoms with Crippen LogP contribution in [0.25, 0.3) is 0 Å². The Kier molecular flexibility index (Phi) is 4.02. The Balaban J connectivity index is 1.57. The third-order valence-corrected chi connectivity index (χ3v) is 4.91. The second-order valence-electron chi connectivity index (χ2n) is 6.74. The standard InChI is InChI=1S/C16H25N3O2/c1-12-10-17-15(18-12)13-5-8-19(11-13)14(20)9-16(21)6-3-2-4-7-16/h10,13,21H,2-9,11H2,1H3,(H,17,18). The third-order valence-electron chi connectivity index (χ3n) is 4.91. The van der Waals surface area contributed by atoms with Crippen LogP contribution in [0.2, 0.25) is 0 Å². The molecule has 0 radical (unpaired) electrons. The van der Waals surface area contributed by atoms with Gasteiger partial charge in [0.25, 0.3) is 0 Å². The first kappa shape index (κ1) is 14.6. The maximum absolute atomic E-state index is 12.4. The third kappa shape index (κ3) is 3.28. The van der Waals surface area contributed by atoms with Gasteiger partial charge < -0.3 is 15.0 Å². The van der Waals surface area contributed by atoms with Gasteiger partial charge in [0.2, 0.25) is 5.91 Å². The second-order valence-corrected chi connectivity index (χ2v) is 6.74. The lowest BCUT2D eigenvalue weighted by Gasteiger charge is -2.32. The van der Waals surface area contributed by atoms with Crippen LogP contribution in [0, 0.1) is 6.92 Å². The highest BCUT2D eigenvalue weighted by Gasteiger charge is 2.36. The lowest BCUT2D eigenvalue weighted by atomic mass is 9.82. The van der Waals surface area contributed by atoms with Crippen molar-refractivity contribution in [1.82, 2.24) is 14.9 Å². The molecule has 21 heavy (non-hydrogen) atoms. The molecule has 1 saturated heterocycles. The van der Waals surface area contributed by atoms with Gasteiger partial charge in [-0.15, -0.1) is 0 Å². The minimum atomic E-state index is -0.755. The van der Waals surface area contributed by atoms with Crippen LogP contribution in [0.4, 0.5) is 0 Å². The topological polar surface area (TPSA) is 69.2 Å². The molecular formula is C16H25N3O2. The number of nitrogens with zero attached hydrogens (tertiary/aromatic N) is 2. The summed E-state index contributed by atoms with van der Waals surface area (Å²) >= 11 is 0. The van der Waals surface area contributed by atoms with Gasteiger partial charge in [-0.2, -0.15) is 0 Å². The smallest absolute Gasteiger partial charge is 0.225 e. The molecule has 1 amide bonds. The van der Waals surface area contributed by atoms with Crippen molar-refractivity contribution in [2.45, 2.75) is 63.4 Å². The first-order chi connectivity index (χ1) is 10.1. The first-order valence-corrected chi connectivity index (χ1v) is 8.07. The molecule has 5 nitrogen and oxygen atoms in total. The van der Waals surface area contributed by atoms with Crippen molar-refractivity contribution in [3.63, 3.8) is 0 Å². The Morgan fingerprint density at radius 3 is 2.90 bits per heavy atom. The van der Waals surface area contributed by atoms with Crippen molar-refractivity contribution in [2.75, 3.05) is 13.1 Å². The van der Waals surface area contributed by atoms with Crippen molar-refractivity contribution >= 4 is 5.91 Å². The Labute approximate surface area is 125 Å². The molecule has 0 aromatic carbocycles. The van der Waals surface area contributed by atoms with Crippen molar-refractivity contribution in [2.24, 2.45) is 0 Å². The highest BCUT2D eigenvalue weighted by Crippen LogP contribution is 2.33. The summed E-state index contributed by atoms with van der Waals surface area (Å²) in [5.74, 6) is 1.40. The number of aryl methyl sites for hydroxylation is 1. The van der Waals surface area contributed by atoms with Crippen LogP contribution in [-0.4, -0.2) is 44.6 Å². The normalized spacial score (nSPS) is 25.2. The van der Waals surface area contributed by atoms with Gasteiger partial charge in [0.15, 0.2) is 0 Å². The van der Waals surface area contributed by atoms with Crippen molar-refractivity contribution in [3.8, 4) is 0 Å². The fraction of sp³-hybridized carbons (Fsp3) is 0.750. The fourth-order valence-corrected chi connectivity index (χ4v) is 3.63. The number of aromatic nitrogens is 2. The van der Waals surface area contributed by atoms with Crippen LogP contribution in [0.3, 0.4) is 0 Å². The summed E-state index contributed by atoms with van der Waals surface area (Å²) in [6.45, 7) is 3.49. The number of imidazole rings is 1. The number of aromatic amines is 1. The van der Waals surface area contributed by atoms with Crippen LogP contribution in [0.1, 0.15) is 62.4 Å². The molecule has 1 aromatic rings. The van der Waals surface area contributed by atoms with Gasteiger partial charge in [-0.25, -0.2) is 4.98 Å². The largest absolute Gasteiger partial charge is 0.389 e. The molecule has 2 N–H and O–H groups in total. The molecular weight excluding hydrogens is 266 g/mol. The van der Waals surface area contributed by atoms with E-state index in [1.807, 2.05) is 18.0 Å².